The molecule has 0 aliphatic carbocycles. The molecule has 0 bridgehead atoms. The van der Waals surface area contributed by atoms with E-state index in [-0.39, 0.29) is 11.8 Å². The quantitative estimate of drug-likeness (QED) is 0.637. The van der Waals surface area contributed by atoms with Crippen LogP contribution in [0.5, 0.6) is 0 Å². The molecule has 5 nitrogen and oxygen atoms in total. The van der Waals surface area contributed by atoms with Gasteiger partial charge < -0.3 is 15.1 Å². The third-order valence-electron chi connectivity index (χ3n) is 4.72. The number of halogens is 1. The van der Waals surface area contributed by atoms with Crippen LogP contribution in [0, 0.1) is 5.41 Å². The summed E-state index contributed by atoms with van der Waals surface area (Å²) < 4.78 is 0. The molecule has 2 rings (SSSR count). The molecule has 2 amide bonds. The highest BCUT2D eigenvalue weighted by Gasteiger charge is 2.27. The molecule has 2 aromatic rings. The van der Waals surface area contributed by atoms with E-state index in [4.69, 9.17) is 11.6 Å². The molecule has 0 saturated carbocycles. The van der Waals surface area contributed by atoms with Gasteiger partial charge in [0, 0.05) is 44.0 Å². The predicted octanol–water partition coefficient (Wildman–Crippen LogP) is 5.44. The number of nitrogens with one attached hydrogen (secondary N) is 1. The van der Waals surface area contributed by atoms with Crippen LogP contribution in [0.3, 0.4) is 0 Å². The largest absolute Gasteiger partial charge is 0.377 e. The van der Waals surface area contributed by atoms with Crippen LogP contribution >= 0.6 is 11.6 Å². The number of rotatable bonds is 7. The lowest BCUT2D eigenvalue weighted by molar-refractivity contribution is -0.140. The first-order valence-corrected chi connectivity index (χ1v) is 10.6. The number of anilines is 2. The fraction of sp³-hybridized carbons (Fsp3) is 0.417. The second-order valence-electron chi connectivity index (χ2n) is 8.65. The summed E-state index contributed by atoms with van der Waals surface area (Å²) in [7, 11) is 3.94. The Morgan fingerprint density at radius 1 is 1.07 bits per heavy atom. The van der Waals surface area contributed by atoms with Gasteiger partial charge in [-0.1, -0.05) is 51.4 Å². The Labute approximate surface area is 185 Å². The second-order valence-corrected chi connectivity index (χ2v) is 9.06. The molecular formula is C24H32ClN3O2. The predicted molar refractivity (Wildman–Crippen MR) is 125 cm³/mol. The summed E-state index contributed by atoms with van der Waals surface area (Å²) in [6, 6.07) is 12.7. The van der Waals surface area contributed by atoms with Gasteiger partial charge >= 0.3 is 0 Å². The molecule has 0 atom stereocenters. The summed E-state index contributed by atoms with van der Waals surface area (Å²) in [6.07, 6.45) is 0.877. The van der Waals surface area contributed by atoms with Crippen LogP contribution in [-0.2, 0) is 11.3 Å². The minimum atomic E-state index is -0.455. The lowest BCUT2D eigenvalue weighted by atomic mass is 9.94. The monoisotopic (exact) mass is 429 g/mol. The van der Waals surface area contributed by atoms with Crippen molar-refractivity contribution in [3.05, 3.63) is 58.6 Å². The molecule has 0 fully saturated rings. The van der Waals surface area contributed by atoms with E-state index in [1.54, 1.807) is 24.3 Å². The van der Waals surface area contributed by atoms with Crippen LogP contribution in [0.25, 0.3) is 0 Å². The van der Waals surface area contributed by atoms with Crippen molar-refractivity contribution in [2.24, 2.45) is 5.41 Å². The van der Waals surface area contributed by atoms with Crippen LogP contribution in [0.2, 0.25) is 5.02 Å². The Kier molecular flexibility index (Phi) is 7.90. The number of carbonyl (C=O) groups is 2. The van der Waals surface area contributed by atoms with Crippen LogP contribution in [0.15, 0.2) is 42.5 Å². The van der Waals surface area contributed by atoms with Gasteiger partial charge in [-0.2, -0.15) is 0 Å². The highest BCUT2D eigenvalue weighted by molar-refractivity contribution is 6.34. The summed E-state index contributed by atoms with van der Waals surface area (Å²) >= 11 is 6.15. The molecular weight excluding hydrogens is 398 g/mol. The lowest BCUT2D eigenvalue weighted by Gasteiger charge is -2.31. The van der Waals surface area contributed by atoms with E-state index in [1.165, 1.54) is 0 Å². The molecule has 2 aromatic carbocycles. The maximum absolute atomic E-state index is 13.0. The Morgan fingerprint density at radius 3 is 2.30 bits per heavy atom. The maximum atomic E-state index is 13.0. The SMILES string of the molecule is CCCN(Cc1cc(NC(=O)c2ccccc2Cl)ccc1N(C)C)C(=O)C(C)(C)C. The zero-order valence-corrected chi connectivity index (χ0v) is 19.5. The van der Waals surface area contributed by atoms with Crippen LogP contribution in [0.4, 0.5) is 11.4 Å². The summed E-state index contributed by atoms with van der Waals surface area (Å²) in [5.74, 6) is -0.153. The summed E-state index contributed by atoms with van der Waals surface area (Å²) in [4.78, 5) is 29.5. The first kappa shape index (κ1) is 23.7. The van der Waals surface area contributed by atoms with Gasteiger partial charge in [-0.25, -0.2) is 0 Å². The topological polar surface area (TPSA) is 52.7 Å². The van der Waals surface area contributed by atoms with E-state index in [1.807, 2.05) is 62.9 Å². The molecule has 0 unspecified atom stereocenters. The zero-order chi connectivity index (χ0) is 22.5. The average molecular weight is 430 g/mol. The Balaban J connectivity index is 2.34. The Hall–Kier alpha value is -2.53. The number of hydrogen-bond acceptors (Lipinski definition) is 3. The van der Waals surface area contributed by atoms with Crippen LogP contribution < -0.4 is 10.2 Å². The van der Waals surface area contributed by atoms with Gasteiger partial charge in [-0.15, -0.1) is 0 Å². The van der Waals surface area contributed by atoms with Crippen molar-refractivity contribution >= 4 is 34.8 Å². The number of nitrogens with zero attached hydrogens (tertiary/aromatic N) is 2. The molecule has 0 saturated heterocycles. The molecule has 162 valence electrons. The van der Waals surface area contributed by atoms with Crippen molar-refractivity contribution in [3.63, 3.8) is 0 Å². The van der Waals surface area contributed by atoms with Crippen molar-refractivity contribution in [1.29, 1.82) is 0 Å². The highest BCUT2D eigenvalue weighted by Crippen LogP contribution is 2.27. The summed E-state index contributed by atoms with van der Waals surface area (Å²) in [5, 5.41) is 3.33. The van der Waals surface area contributed by atoms with Gasteiger partial charge in [0.05, 0.1) is 10.6 Å². The van der Waals surface area contributed by atoms with Gasteiger partial charge in [0.1, 0.15) is 0 Å². The molecule has 30 heavy (non-hydrogen) atoms. The normalized spacial score (nSPS) is 11.2. The van der Waals surface area contributed by atoms with Gasteiger partial charge in [0.15, 0.2) is 0 Å². The molecule has 0 heterocycles. The highest BCUT2D eigenvalue weighted by atomic mass is 35.5. The van der Waals surface area contributed by atoms with Crippen LogP contribution in [0.1, 0.15) is 50.0 Å². The molecule has 1 N–H and O–H groups in total. The zero-order valence-electron chi connectivity index (χ0n) is 18.8. The molecule has 0 spiro atoms. The van der Waals surface area contributed by atoms with Crippen molar-refractivity contribution in [3.8, 4) is 0 Å². The van der Waals surface area contributed by atoms with Gasteiger partial charge in [-0.05, 0) is 42.3 Å². The third kappa shape index (κ3) is 5.99. The van der Waals surface area contributed by atoms with Crippen molar-refractivity contribution in [1.82, 2.24) is 4.90 Å². The second kappa shape index (κ2) is 9.98. The minimum Gasteiger partial charge on any atom is -0.377 e. The van der Waals surface area contributed by atoms with E-state index in [9.17, 15) is 9.59 Å². The number of hydrogen-bond donors (Lipinski definition) is 1. The van der Waals surface area contributed by atoms with Gasteiger partial charge in [0.2, 0.25) is 5.91 Å². The summed E-state index contributed by atoms with van der Waals surface area (Å²) in [6.45, 7) is 9.03. The van der Waals surface area contributed by atoms with Crippen molar-refractivity contribution in [2.45, 2.75) is 40.7 Å². The van der Waals surface area contributed by atoms with Crippen LogP contribution in [-0.4, -0.2) is 37.4 Å². The average Bonchev–Trinajstić information content (AvgIpc) is 2.66. The van der Waals surface area contributed by atoms with E-state index in [0.717, 1.165) is 17.7 Å². The molecule has 0 radical (unpaired) electrons. The Bertz CT molecular complexity index is 904. The number of benzene rings is 2. The minimum absolute atomic E-state index is 0.111. The summed E-state index contributed by atoms with van der Waals surface area (Å²) in [5.41, 5.74) is 2.62. The number of amides is 2. The van der Waals surface area contributed by atoms with Crippen molar-refractivity contribution < 1.29 is 9.59 Å². The molecule has 0 aromatic heterocycles. The molecule has 0 aliphatic rings. The van der Waals surface area contributed by atoms with Gasteiger partial charge in [0.25, 0.3) is 5.91 Å². The maximum Gasteiger partial charge on any atom is 0.257 e. The lowest BCUT2D eigenvalue weighted by Crippen LogP contribution is -2.39. The van der Waals surface area contributed by atoms with E-state index in [0.29, 0.717) is 29.4 Å². The Morgan fingerprint density at radius 2 is 1.73 bits per heavy atom. The standard InChI is InChI=1S/C24H32ClN3O2/c1-7-14-28(23(30)24(2,3)4)16-17-15-18(12-13-21(17)27(5)6)26-22(29)19-10-8-9-11-20(19)25/h8-13,15H,7,14,16H2,1-6H3,(H,26,29). The smallest absolute Gasteiger partial charge is 0.257 e. The van der Waals surface area contributed by atoms with E-state index in [2.05, 4.69) is 12.2 Å². The third-order valence-corrected chi connectivity index (χ3v) is 5.05. The fourth-order valence-electron chi connectivity index (χ4n) is 3.27. The number of carbonyl (C=O) groups excluding carboxylic acids is 2. The first-order chi connectivity index (χ1) is 14.0. The van der Waals surface area contributed by atoms with E-state index < -0.39 is 5.41 Å². The van der Waals surface area contributed by atoms with E-state index >= 15 is 0 Å². The molecule has 0 aliphatic heterocycles. The molecule has 6 heteroatoms. The first-order valence-electron chi connectivity index (χ1n) is 10.2. The van der Waals surface area contributed by atoms with Gasteiger partial charge in [-0.3, -0.25) is 9.59 Å². The van der Waals surface area contributed by atoms with Crippen molar-refractivity contribution in [2.75, 3.05) is 30.9 Å². The fourth-order valence-corrected chi connectivity index (χ4v) is 3.49.